The second kappa shape index (κ2) is 8.16. The predicted octanol–water partition coefficient (Wildman–Crippen LogP) is 4.05. The van der Waals surface area contributed by atoms with E-state index >= 15 is 0 Å². The van der Waals surface area contributed by atoms with Crippen LogP contribution in [0.5, 0.6) is 5.75 Å². The zero-order valence-electron chi connectivity index (χ0n) is 16.1. The highest BCUT2D eigenvalue weighted by molar-refractivity contribution is 9.10. The van der Waals surface area contributed by atoms with Crippen molar-refractivity contribution < 1.29 is 21.9 Å². The lowest BCUT2D eigenvalue weighted by Gasteiger charge is -2.30. The van der Waals surface area contributed by atoms with E-state index in [0.717, 1.165) is 19.3 Å². The Morgan fingerprint density at radius 3 is 2.53 bits per heavy atom. The molecule has 1 aromatic heterocycles. The number of hydrogen-bond donors (Lipinski definition) is 1. The first-order chi connectivity index (χ1) is 14.3. The van der Waals surface area contributed by atoms with E-state index < -0.39 is 16.4 Å². The largest absolute Gasteiger partial charge is 0.495 e. The summed E-state index contributed by atoms with van der Waals surface area (Å²) in [5.41, 5.74) is 0.814. The Labute approximate surface area is 181 Å². The average Bonchev–Trinajstić information content (AvgIpc) is 3.13. The van der Waals surface area contributed by atoms with Crippen molar-refractivity contribution >= 4 is 42.4 Å². The molecule has 1 fully saturated rings. The van der Waals surface area contributed by atoms with Crippen molar-refractivity contribution in [2.75, 3.05) is 38.2 Å². The van der Waals surface area contributed by atoms with Crippen LogP contribution in [0.15, 0.2) is 56.9 Å². The molecule has 0 saturated carbocycles. The highest BCUT2D eigenvalue weighted by Crippen LogP contribution is 2.37. The van der Waals surface area contributed by atoms with Gasteiger partial charge in [-0.05, 0) is 30.3 Å². The van der Waals surface area contributed by atoms with Crippen molar-refractivity contribution in [2.24, 2.45) is 0 Å². The zero-order valence-corrected chi connectivity index (χ0v) is 18.5. The third-order valence-corrected chi connectivity index (χ3v) is 7.45. The summed E-state index contributed by atoms with van der Waals surface area (Å²) in [7, 11) is -2.51. The number of rotatable bonds is 5. The molecule has 30 heavy (non-hydrogen) atoms. The molecular formula is C20H20BrF2N3O3S. The minimum Gasteiger partial charge on any atom is -0.495 e. The number of piperazine rings is 1. The predicted molar refractivity (Wildman–Crippen MR) is 114 cm³/mol. The lowest BCUT2D eigenvalue weighted by Crippen LogP contribution is -2.43. The van der Waals surface area contributed by atoms with Crippen LogP contribution < -0.4 is 15.0 Å². The molecule has 1 saturated heterocycles. The topological polar surface area (TPSA) is 63.6 Å². The number of fused-ring (bicyclic) bond motifs is 1. The third kappa shape index (κ3) is 3.67. The molecule has 1 N–H and O–H groups in total. The molecule has 10 heteroatoms. The van der Waals surface area contributed by atoms with Gasteiger partial charge in [0.15, 0.2) is 0 Å². The first-order valence-electron chi connectivity index (χ1n) is 9.30. The molecule has 0 aliphatic carbocycles. The number of hydrogen-bond acceptors (Lipinski definition) is 5. The number of benzene rings is 2. The molecule has 4 rings (SSSR count). The van der Waals surface area contributed by atoms with Crippen molar-refractivity contribution in [3.8, 4) is 5.75 Å². The van der Waals surface area contributed by atoms with Crippen LogP contribution in [0.2, 0.25) is 0 Å². The number of sulfone groups is 1. The van der Waals surface area contributed by atoms with Gasteiger partial charge in [0.1, 0.15) is 5.75 Å². The average molecular weight is 500 g/mol. The van der Waals surface area contributed by atoms with Gasteiger partial charge in [-0.2, -0.15) is 8.78 Å². The monoisotopic (exact) mass is 499 g/mol. The molecule has 6 nitrogen and oxygen atoms in total. The van der Waals surface area contributed by atoms with Crippen molar-refractivity contribution in [2.45, 2.75) is 16.3 Å². The molecule has 2 heterocycles. The van der Waals surface area contributed by atoms with Gasteiger partial charge in [-0.3, -0.25) is 4.57 Å². The molecule has 0 unspecified atom stereocenters. The Hall–Kier alpha value is -2.17. The number of nitrogens with zero attached hydrogens (tertiary/aromatic N) is 2. The summed E-state index contributed by atoms with van der Waals surface area (Å²) in [4.78, 5) is 1.93. The number of methoxy groups -OCH3 is 1. The number of nitrogens with one attached hydrogen (secondary N) is 1. The van der Waals surface area contributed by atoms with Crippen LogP contribution in [0.3, 0.4) is 0 Å². The smallest absolute Gasteiger partial charge is 0.319 e. The number of aromatic nitrogens is 1. The summed E-state index contributed by atoms with van der Waals surface area (Å²) in [5, 5.41) is 3.50. The lowest BCUT2D eigenvalue weighted by atomic mass is 10.2. The minimum atomic E-state index is -4.04. The van der Waals surface area contributed by atoms with Crippen LogP contribution in [0, 0.1) is 0 Å². The normalized spacial score (nSPS) is 15.2. The molecule has 160 valence electrons. The van der Waals surface area contributed by atoms with Crippen molar-refractivity contribution in [3.63, 3.8) is 0 Å². The van der Waals surface area contributed by atoms with Crippen LogP contribution in [0.1, 0.15) is 6.55 Å². The lowest BCUT2D eigenvalue weighted by molar-refractivity contribution is 0.0748. The molecule has 1 aliphatic heterocycles. The standard InChI is InChI=1S/C20H20BrF2N3O3S/c1-29-18-5-3-14(11-17(18)25-8-6-24-7-9-25)30(27,28)19-12-26(20(22)23)16-10-13(21)2-4-15(16)19/h2-5,10-12,20,24H,6-9H2,1H3. The Balaban J connectivity index is 1.87. The van der Waals surface area contributed by atoms with Gasteiger partial charge >= 0.3 is 6.55 Å². The first kappa shape index (κ1) is 21.1. The maximum Gasteiger partial charge on any atom is 0.319 e. The summed E-state index contributed by atoms with van der Waals surface area (Å²) >= 11 is 3.26. The fourth-order valence-electron chi connectivity index (χ4n) is 3.68. The van der Waals surface area contributed by atoms with Gasteiger partial charge < -0.3 is 15.0 Å². The van der Waals surface area contributed by atoms with Crippen molar-refractivity contribution in [1.82, 2.24) is 9.88 Å². The van der Waals surface area contributed by atoms with E-state index in [1.165, 1.54) is 25.3 Å². The molecule has 0 radical (unpaired) electrons. The Morgan fingerprint density at radius 1 is 1.13 bits per heavy atom. The molecule has 0 bridgehead atoms. The second-order valence-corrected chi connectivity index (χ2v) is 9.75. The number of halogens is 3. The van der Waals surface area contributed by atoms with E-state index in [0.29, 0.717) is 33.6 Å². The van der Waals surface area contributed by atoms with Gasteiger partial charge in [-0.1, -0.05) is 22.0 Å². The molecule has 0 amide bonds. The van der Waals surface area contributed by atoms with Gasteiger partial charge in [0.2, 0.25) is 9.84 Å². The van der Waals surface area contributed by atoms with Gasteiger partial charge in [-0.25, -0.2) is 8.42 Å². The van der Waals surface area contributed by atoms with Crippen LogP contribution in [0.4, 0.5) is 14.5 Å². The Morgan fingerprint density at radius 2 is 1.87 bits per heavy atom. The Kier molecular flexibility index (Phi) is 5.73. The molecule has 2 aromatic carbocycles. The summed E-state index contributed by atoms with van der Waals surface area (Å²) in [6.07, 6.45) is 1.01. The summed E-state index contributed by atoms with van der Waals surface area (Å²) in [6.45, 7) is 0.100. The summed E-state index contributed by atoms with van der Waals surface area (Å²) < 4.78 is 60.7. The van der Waals surface area contributed by atoms with E-state index in [-0.39, 0.29) is 20.7 Å². The summed E-state index contributed by atoms with van der Waals surface area (Å²) in [6, 6.07) is 9.27. The van der Waals surface area contributed by atoms with E-state index in [4.69, 9.17) is 4.74 Å². The summed E-state index contributed by atoms with van der Waals surface area (Å²) in [5.74, 6) is 0.565. The van der Waals surface area contributed by atoms with Gasteiger partial charge in [-0.15, -0.1) is 0 Å². The van der Waals surface area contributed by atoms with Gasteiger partial charge in [0.25, 0.3) is 0 Å². The molecular weight excluding hydrogens is 480 g/mol. The quantitative estimate of drug-likeness (QED) is 0.573. The van der Waals surface area contributed by atoms with Crippen LogP contribution in [0.25, 0.3) is 10.9 Å². The van der Waals surface area contributed by atoms with Crippen LogP contribution >= 0.6 is 15.9 Å². The first-order valence-corrected chi connectivity index (χ1v) is 11.6. The van der Waals surface area contributed by atoms with E-state index in [9.17, 15) is 17.2 Å². The van der Waals surface area contributed by atoms with Crippen LogP contribution in [-0.4, -0.2) is 46.3 Å². The zero-order chi connectivity index (χ0) is 21.5. The third-order valence-electron chi connectivity index (χ3n) is 5.18. The maximum absolute atomic E-state index is 13.6. The number of ether oxygens (including phenoxy) is 1. The van der Waals surface area contributed by atoms with Gasteiger partial charge in [0, 0.05) is 42.2 Å². The van der Waals surface area contributed by atoms with E-state index in [1.807, 2.05) is 4.90 Å². The number of alkyl halides is 2. The molecule has 0 spiro atoms. The van der Waals surface area contributed by atoms with Crippen LogP contribution in [-0.2, 0) is 9.84 Å². The maximum atomic E-state index is 13.6. The molecule has 0 atom stereocenters. The minimum absolute atomic E-state index is 0.0352. The fourth-order valence-corrected chi connectivity index (χ4v) is 5.52. The Bertz CT molecular complexity index is 1190. The highest BCUT2D eigenvalue weighted by Gasteiger charge is 2.27. The second-order valence-electron chi connectivity index (χ2n) is 6.91. The van der Waals surface area contributed by atoms with Gasteiger partial charge in [0.05, 0.1) is 28.1 Å². The van der Waals surface area contributed by atoms with E-state index in [1.54, 1.807) is 18.2 Å². The van der Waals surface area contributed by atoms with E-state index in [2.05, 4.69) is 21.2 Å². The molecule has 3 aromatic rings. The van der Waals surface area contributed by atoms with Crippen molar-refractivity contribution in [3.05, 3.63) is 47.1 Å². The number of anilines is 1. The molecule has 1 aliphatic rings. The fraction of sp³-hybridized carbons (Fsp3) is 0.300. The SMILES string of the molecule is COc1ccc(S(=O)(=O)c2cn(C(F)F)c3cc(Br)ccc23)cc1N1CCNCC1. The highest BCUT2D eigenvalue weighted by atomic mass is 79.9. The van der Waals surface area contributed by atoms with Crippen molar-refractivity contribution in [1.29, 1.82) is 0 Å².